The Kier molecular flexibility index (Phi) is 7.00. The van der Waals surface area contributed by atoms with Gasteiger partial charge in [-0.25, -0.2) is 4.99 Å². The summed E-state index contributed by atoms with van der Waals surface area (Å²) in [6.45, 7) is 7.37. The van der Waals surface area contributed by atoms with Crippen molar-refractivity contribution < 1.29 is 4.79 Å². The van der Waals surface area contributed by atoms with Gasteiger partial charge in [0.2, 0.25) is 0 Å². The van der Waals surface area contributed by atoms with Crippen LogP contribution in [0.3, 0.4) is 0 Å². The molecule has 2 aliphatic heterocycles. The summed E-state index contributed by atoms with van der Waals surface area (Å²) in [5.41, 5.74) is 6.59. The van der Waals surface area contributed by atoms with Gasteiger partial charge in [-0.15, -0.1) is 0 Å². The van der Waals surface area contributed by atoms with E-state index in [1.54, 1.807) is 28.8 Å². The van der Waals surface area contributed by atoms with E-state index in [-0.39, 0.29) is 5.91 Å². The van der Waals surface area contributed by atoms with Gasteiger partial charge in [-0.1, -0.05) is 42.1 Å². The van der Waals surface area contributed by atoms with E-state index in [0.717, 1.165) is 33.4 Å². The van der Waals surface area contributed by atoms with Crippen molar-refractivity contribution in [1.29, 1.82) is 5.26 Å². The minimum atomic E-state index is -0.0651. The van der Waals surface area contributed by atoms with Gasteiger partial charge in [0.05, 0.1) is 40.3 Å². The van der Waals surface area contributed by atoms with E-state index in [4.69, 9.17) is 4.99 Å². The molecule has 2 heterocycles. The molecule has 5 rings (SSSR count). The highest BCUT2D eigenvalue weighted by Crippen LogP contribution is 2.51. The van der Waals surface area contributed by atoms with Crippen LogP contribution in [0.4, 0.5) is 17.1 Å². The highest BCUT2D eigenvalue weighted by atomic mass is 32.2. The van der Waals surface area contributed by atoms with E-state index < -0.39 is 0 Å². The second-order valence-corrected chi connectivity index (χ2v) is 11.0. The summed E-state index contributed by atoms with van der Waals surface area (Å²) in [6.07, 6.45) is 0. The van der Waals surface area contributed by atoms with Gasteiger partial charge < -0.3 is 10.2 Å². The molecule has 0 spiro atoms. The van der Waals surface area contributed by atoms with Gasteiger partial charge in [0, 0.05) is 18.5 Å². The SMILES string of the molecule is CCNc1ccc(C#N)cc1N=C1S/C(=C2/Sc3cc(C)c(C)cc3N2C)C(=O)N1Cc1ccccc1. The molecule has 3 aromatic rings. The largest absolute Gasteiger partial charge is 0.384 e. The fourth-order valence-electron chi connectivity index (χ4n) is 4.26. The monoisotopic (exact) mass is 525 g/mol. The molecule has 2 aliphatic rings. The maximum Gasteiger partial charge on any atom is 0.269 e. The summed E-state index contributed by atoms with van der Waals surface area (Å²) in [5.74, 6) is -0.0651. The van der Waals surface area contributed by atoms with Gasteiger partial charge in [0.1, 0.15) is 4.91 Å². The summed E-state index contributed by atoms with van der Waals surface area (Å²) in [5, 5.41) is 14.3. The van der Waals surface area contributed by atoms with E-state index in [0.29, 0.717) is 27.9 Å². The molecule has 1 amide bonds. The van der Waals surface area contributed by atoms with E-state index in [1.807, 2.05) is 50.4 Å². The van der Waals surface area contributed by atoms with Crippen molar-refractivity contribution in [3.8, 4) is 6.07 Å². The van der Waals surface area contributed by atoms with Crippen molar-refractivity contribution in [2.45, 2.75) is 32.2 Å². The van der Waals surface area contributed by atoms with Crippen LogP contribution in [0.2, 0.25) is 0 Å². The molecular weight excluding hydrogens is 498 g/mol. The molecule has 0 unspecified atom stereocenters. The Morgan fingerprint density at radius 3 is 2.51 bits per heavy atom. The number of carbonyl (C=O) groups excluding carboxylic acids is 1. The number of aryl methyl sites for hydroxylation is 2. The highest BCUT2D eigenvalue weighted by Gasteiger charge is 2.39. The number of hydrogen-bond donors (Lipinski definition) is 1. The average molecular weight is 526 g/mol. The molecule has 0 atom stereocenters. The number of fused-ring (bicyclic) bond motifs is 1. The van der Waals surface area contributed by atoms with Crippen LogP contribution in [0, 0.1) is 25.2 Å². The number of nitrogens with zero attached hydrogens (tertiary/aromatic N) is 4. The molecular formula is C29H27N5OS2. The van der Waals surface area contributed by atoms with Crippen molar-refractivity contribution in [3.63, 3.8) is 0 Å². The minimum Gasteiger partial charge on any atom is -0.384 e. The quantitative estimate of drug-likeness (QED) is 0.370. The number of benzene rings is 3. The maximum absolute atomic E-state index is 13.9. The van der Waals surface area contributed by atoms with Gasteiger partial charge in [0.15, 0.2) is 5.17 Å². The smallest absolute Gasteiger partial charge is 0.269 e. The summed E-state index contributed by atoms with van der Waals surface area (Å²) in [6, 6.07) is 21.9. The van der Waals surface area contributed by atoms with Gasteiger partial charge in [-0.3, -0.25) is 9.69 Å². The molecule has 37 heavy (non-hydrogen) atoms. The molecule has 1 fully saturated rings. The molecule has 8 heteroatoms. The van der Waals surface area contributed by atoms with Crippen LogP contribution < -0.4 is 10.2 Å². The zero-order chi connectivity index (χ0) is 26.1. The number of hydrogen-bond acceptors (Lipinski definition) is 7. The number of carbonyl (C=O) groups is 1. The summed E-state index contributed by atoms with van der Waals surface area (Å²) >= 11 is 3.02. The predicted molar refractivity (Wildman–Crippen MR) is 154 cm³/mol. The van der Waals surface area contributed by atoms with Crippen LogP contribution in [0.5, 0.6) is 0 Å². The van der Waals surface area contributed by atoms with Gasteiger partial charge in [-0.05, 0) is 79.6 Å². The predicted octanol–water partition coefficient (Wildman–Crippen LogP) is 6.78. The summed E-state index contributed by atoms with van der Waals surface area (Å²) in [7, 11) is 2.01. The van der Waals surface area contributed by atoms with Crippen molar-refractivity contribution in [3.05, 3.63) is 92.9 Å². The number of anilines is 2. The fraction of sp³-hybridized carbons (Fsp3) is 0.207. The van der Waals surface area contributed by atoms with Gasteiger partial charge >= 0.3 is 0 Å². The molecule has 0 radical (unpaired) electrons. The molecule has 1 N–H and O–H groups in total. The van der Waals surface area contributed by atoms with Crippen molar-refractivity contribution in [2.24, 2.45) is 4.99 Å². The number of rotatable bonds is 5. The third-order valence-electron chi connectivity index (χ3n) is 6.40. The Morgan fingerprint density at radius 2 is 1.78 bits per heavy atom. The molecule has 6 nitrogen and oxygen atoms in total. The lowest BCUT2D eigenvalue weighted by molar-refractivity contribution is -0.122. The number of amidine groups is 1. The van der Waals surface area contributed by atoms with Gasteiger partial charge in [0.25, 0.3) is 5.91 Å². The molecule has 0 bridgehead atoms. The number of amides is 1. The number of thioether (sulfide) groups is 2. The fourth-order valence-corrected chi connectivity index (χ4v) is 6.67. The van der Waals surface area contributed by atoms with Crippen LogP contribution in [0.15, 0.2) is 80.5 Å². The Labute approximate surface area is 226 Å². The zero-order valence-electron chi connectivity index (χ0n) is 21.2. The van der Waals surface area contributed by atoms with Crippen molar-refractivity contribution >= 4 is 51.7 Å². The van der Waals surface area contributed by atoms with E-state index in [1.165, 1.54) is 22.9 Å². The Hall–Kier alpha value is -3.67. The zero-order valence-corrected chi connectivity index (χ0v) is 22.8. The molecule has 0 saturated carbocycles. The Bertz CT molecular complexity index is 1490. The topological polar surface area (TPSA) is 71.7 Å². The maximum atomic E-state index is 13.9. The van der Waals surface area contributed by atoms with Crippen LogP contribution in [0.1, 0.15) is 29.2 Å². The second-order valence-electron chi connectivity index (χ2n) is 8.95. The first-order valence-corrected chi connectivity index (χ1v) is 13.7. The molecule has 186 valence electrons. The lowest BCUT2D eigenvalue weighted by Gasteiger charge is -2.17. The number of nitrogens with one attached hydrogen (secondary N) is 1. The number of aliphatic imine (C=N–C) groups is 1. The molecule has 1 saturated heterocycles. The van der Waals surface area contributed by atoms with Crippen LogP contribution in [0.25, 0.3) is 0 Å². The van der Waals surface area contributed by atoms with E-state index in [2.05, 4.69) is 42.3 Å². The number of nitriles is 1. The first-order chi connectivity index (χ1) is 17.9. The molecule has 3 aromatic carbocycles. The van der Waals surface area contributed by atoms with Crippen LogP contribution in [-0.4, -0.2) is 29.6 Å². The lowest BCUT2D eigenvalue weighted by Crippen LogP contribution is -2.29. The third-order valence-corrected chi connectivity index (χ3v) is 8.81. The van der Waals surface area contributed by atoms with Crippen molar-refractivity contribution in [2.75, 3.05) is 23.8 Å². The van der Waals surface area contributed by atoms with E-state index >= 15 is 0 Å². The lowest BCUT2D eigenvalue weighted by atomic mass is 10.1. The minimum absolute atomic E-state index is 0.0651. The van der Waals surface area contributed by atoms with Crippen LogP contribution >= 0.6 is 23.5 Å². The highest BCUT2D eigenvalue weighted by molar-refractivity contribution is 8.19. The summed E-state index contributed by atoms with van der Waals surface area (Å²) in [4.78, 5) is 24.5. The Balaban J connectivity index is 1.60. The summed E-state index contributed by atoms with van der Waals surface area (Å²) < 4.78 is 0. The molecule has 0 aromatic heterocycles. The average Bonchev–Trinajstić information content (AvgIpc) is 3.37. The third kappa shape index (κ3) is 4.85. The first kappa shape index (κ1) is 25.0. The standard InChI is InChI=1S/C29H27N5OS2/c1-5-31-22-12-11-21(16-30)15-23(22)32-29-34(17-20-9-7-6-8-10-20)27(35)26(37-29)28-33(4)24-13-18(2)19(3)14-25(24)36-28/h6-15,31H,5,17H2,1-4H3/b28-26+,32-29?. The van der Waals surface area contributed by atoms with Gasteiger partial charge in [-0.2, -0.15) is 5.26 Å². The van der Waals surface area contributed by atoms with Crippen molar-refractivity contribution in [1.82, 2.24) is 4.90 Å². The normalized spacial score (nSPS) is 17.9. The Morgan fingerprint density at radius 1 is 1.03 bits per heavy atom. The first-order valence-electron chi connectivity index (χ1n) is 12.1. The van der Waals surface area contributed by atoms with E-state index in [9.17, 15) is 10.1 Å². The second kappa shape index (κ2) is 10.4. The van der Waals surface area contributed by atoms with Crippen LogP contribution in [-0.2, 0) is 11.3 Å². The molecule has 0 aliphatic carbocycles.